The van der Waals surface area contributed by atoms with Crippen molar-refractivity contribution in [2.45, 2.75) is 77.5 Å². The monoisotopic (exact) mass is 419 g/mol. The Balaban J connectivity index is 1.42. The number of oxime groups is 2. The molecule has 0 aromatic carbocycles. The maximum atomic E-state index is 15.4. The van der Waals surface area contributed by atoms with E-state index in [0.29, 0.717) is 54.9 Å². The van der Waals surface area contributed by atoms with Crippen molar-refractivity contribution in [3.63, 3.8) is 0 Å². The quantitative estimate of drug-likeness (QED) is 0.528. The van der Waals surface area contributed by atoms with E-state index in [1.54, 1.807) is 0 Å². The van der Waals surface area contributed by atoms with Crippen LogP contribution in [0.15, 0.2) is 10.3 Å². The van der Waals surface area contributed by atoms with Crippen LogP contribution in [0.1, 0.15) is 65.2 Å². The highest BCUT2D eigenvalue weighted by molar-refractivity contribution is 5.97. The number of hydrogen-bond acceptors (Lipinski definition) is 6. The van der Waals surface area contributed by atoms with E-state index >= 15 is 4.39 Å². The molecule has 0 aromatic heterocycles. The third-order valence-corrected chi connectivity index (χ3v) is 9.49. The van der Waals surface area contributed by atoms with Crippen molar-refractivity contribution in [2.24, 2.45) is 44.8 Å². The molecule has 5 rings (SSSR count). The van der Waals surface area contributed by atoms with Crippen molar-refractivity contribution >= 4 is 17.2 Å². The maximum absolute atomic E-state index is 15.4. The lowest BCUT2D eigenvalue weighted by molar-refractivity contribution is -0.133. The zero-order chi connectivity index (χ0) is 21.1. The van der Waals surface area contributed by atoms with Crippen LogP contribution in [0.5, 0.6) is 0 Å². The van der Waals surface area contributed by atoms with Gasteiger partial charge in [0.15, 0.2) is 0 Å². The molecule has 1 saturated heterocycles. The van der Waals surface area contributed by atoms with Crippen molar-refractivity contribution in [2.75, 3.05) is 13.1 Å². The molecule has 0 spiro atoms. The highest BCUT2D eigenvalue weighted by Gasteiger charge is 2.62. The molecule has 7 heteroatoms. The van der Waals surface area contributed by atoms with Crippen LogP contribution in [0.25, 0.3) is 0 Å². The van der Waals surface area contributed by atoms with E-state index in [1.807, 2.05) is 0 Å². The third kappa shape index (κ3) is 2.94. The minimum atomic E-state index is -1.13. The van der Waals surface area contributed by atoms with E-state index in [4.69, 9.17) is 4.84 Å². The standard InChI is InChI=1S/C23H34FN3O3/c1-22-7-5-16-14(15(22)3-4-21(22)28)9-19(26-29)17-10-20(18(24)11-23(16,17)2)27-30-13-6-8-25-12-13/h13-18,25,29H,3-12H2,1-2H3/b26-19+,27-20+/t13-,14-,15-,16-,17?,18+,22-,23+/m0/s1. The van der Waals surface area contributed by atoms with Gasteiger partial charge in [-0.1, -0.05) is 24.2 Å². The summed E-state index contributed by atoms with van der Waals surface area (Å²) in [6.07, 6.45) is 4.78. The average molecular weight is 420 g/mol. The summed E-state index contributed by atoms with van der Waals surface area (Å²) in [5.41, 5.74) is 0.708. The molecule has 5 aliphatic rings. The maximum Gasteiger partial charge on any atom is 0.142 e. The summed E-state index contributed by atoms with van der Waals surface area (Å²) in [6, 6.07) is 0. The van der Waals surface area contributed by atoms with Crippen LogP contribution in [0.2, 0.25) is 0 Å². The van der Waals surface area contributed by atoms with E-state index in [2.05, 4.69) is 29.5 Å². The molecule has 8 atom stereocenters. The number of hydrogen-bond donors (Lipinski definition) is 2. The normalized spacial score (nSPS) is 51.0. The molecule has 4 aliphatic carbocycles. The topological polar surface area (TPSA) is 83.3 Å². The third-order valence-electron chi connectivity index (χ3n) is 9.49. The molecule has 1 heterocycles. The van der Waals surface area contributed by atoms with Crippen molar-refractivity contribution < 1.29 is 19.2 Å². The Hall–Kier alpha value is -1.50. The molecular weight excluding hydrogens is 385 g/mol. The van der Waals surface area contributed by atoms with Gasteiger partial charge in [0.2, 0.25) is 0 Å². The number of halogens is 1. The van der Waals surface area contributed by atoms with Crippen LogP contribution in [0, 0.1) is 34.5 Å². The number of carbonyl (C=O) groups is 1. The Morgan fingerprint density at radius 3 is 2.73 bits per heavy atom. The van der Waals surface area contributed by atoms with Gasteiger partial charge >= 0.3 is 0 Å². The molecule has 30 heavy (non-hydrogen) atoms. The number of nitrogens with zero attached hydrogens (tertiary/aromatic N) is 2. The van der Waals surface area contributed by atoms with E-state index in [1.165, 1.54) is 0 Å². The van der Waals surface area contributed by atoms with Gasteiger partial charge in [0, 0.05) is 37.1 Å². The SMILES string of the molecule is C[C@]12C[C@@H](F)/C(=N/O[C@H]3CCNC3)CC1/C(=N/O)C[C@@H]1[C@@H]2CC[C@]2(C)C(=O)CC[C@@H]12. The van der Waals surface area contributed by atoms with Gasteiger partial charge in [-0.05, 0) is 61.8 Å². The zero-order valence-corrected chi connectivity index (χ0v) is 18.1. The molecule has 1 aliphatic heterocycles. The predicted molar refractivity (Wildman–Crippen MR) is 111 cm³/mol. The number of alkyl halides is 1. The Kier molecular flexibility index (Phi) is 4.95. The summed E-state index contributed by atoms with van der Waals surface area (Å²) in [6.45, 7) is 5.97. The predicted octanol–water partition coefficient (Wildman–Crippen LogP) is 3.72. The van der Waals surface area contributed by atoms with Crippen LogP contribution in [-0.2, 0) is 9.63 Å². The van der Waals surface area contributed by atoms with Gasteiger partial charge in [-0.15, -0.1) is 0 Å². The fraction of sp³-hybridized carbons (Fsp3) is 0.870. The van der Waals surface area contributed by atoms with Gasteiger partial charge in [-0.2, -0.15) is 0 Å². The van der Waals surface area contributed by atoms with Crippen molar-refractivity contribution in [1.82, 2.24) is 5.32 Å². The van der Waals surface area contributed by atoms with Gasteiger partial charge in [0.25, 0.3) is 0 Å². The van der Waals surface area contributed by atoms with Gasteiger partial charge in [-0.25, -0.2) is 4.39 Å². The fourth-order valence-corrected chi connectivity index (χ4v) is 7.74. The van der Waals surface area contributed by atoms with Crippen molar-refractivity contribution in [3.8, 4) is 0 Å². The zero-order valence-electron chi connectivity index (χ0n) is 18.1. The summed E-state index contributed by atoms with van der Waals surface area (Å²) in [5, 5.41) is 21.1. The lowest BCUT2D eigenvalue weighted by Crippen LogP contribution is -2.58. The van der Waals surface area contributed by atoms with E-state index < -0.39 is 6.17 Å². The van der Waals surface area contributed by atoms with Gasteiger partial charge < -0.3 is 15.4 Å². The second-order valence-electron chi connectivity index (χ2n) is 10.8. The largest absolute Gasteiger partial charge is 0.411 e. The molecule has 0 aromatic rings. The van der Waals surface area contributed by atoms with E-state index in [9.17, 15) is 10.0 Å². The van der Waals surface area contributed by atoms with E-state index in [-0.39, 0.29) is 22.9 Å². The van der Waals surface area contributed by atoms with Crippen LogP contribution >= 0.6 is 0 Å². The minimum Gasteiger partial charge on any atom is -0.411 e. The number of fused-ring (bicyclic) bond motifs is 5. The lowest BCUT2D eigenvalue weighted by Gasteiger charge is -2.59. The molecule has 4 saturated carbocycles. The number of Topliss-reactive ketones (excluding diaryl/α,β-unsaturated/α-hetero) is 1. The number of ketones is 1. The first-order chi connectivity index (χ1) is 14.4. The van der Waals surface area contributed by atoms with Crippen LogP contribution in [-0.4, -0.2) is 47.8 Å². The first kappa shape index (κ1) is 20.4. The van der Waals surface area contributed by atoms with Crippen LogP contribution in [0.3, 0.4) is 0 Å². The Morgan fingerprint density at radius 1 is 1.17 bits per heavy atom. The highest BCUT2D eigenvalue weighted by Crippen LogP contribution is 2.64. The van der Waals surface area contributed by atoms with Gasteiger partial charge in [0.05, 0.1) is 11.4 Å². The second-order valence-corrected chi connectivity index (χ2v) is 10.8. The highest BCUT2D eigenvalue weighted by atomic mass is 19.1. The molecule has 6 nitrogen and oxygen atoms in total. The molecule has 0 bridgehead atoms. The molecule has 166 valence electrons. The van der Waals surface area contributed by atoms with Crippen molar-refractivity contribution in [1.29, 1.82) is 0 Å². The second kappa shape index (κ2) is 7.28. The van der Waals surface area contributed by atoms with Crippen LogP contribution in [0.4, 0.5) is 4.39 Å². The molecule has 5 fully saturated rings. The first-order valence-electron chi connectivity index (χ1n) is 11.7. The molecule has 2 N–H and O–H groups in total. The Labute approximate surface area is 177 Å². The summed E-state index contributed by atoms with van der Waals surface area (Å²) in [7, 11) is 0. The number of rotatable bonds is 2. The number of carbonyl (C=O) groups excluding carboxylic acids is 1. The lowest BCUT2D eigenvalue weighted by atomic mass is 9.44. The summed E-state index contributed by atoms with van der Waals surface area (Å²) < 4.78 is 15.4. The van der Waals surface area contributed by atoms with Gasteiger partial charge in [-0.3, -0.25) is 4.79 Å². The average Bonchev–Trinajstić information content (AvgIpc) is 3.34. The van der Waals surface area contributed by atoms with Crippen LogP contribution < -0.4 is 5.32 Å². The molecule has 0 amide bonds. The van der Waals surface area contributed by atoms with Gasteiger partial charge in [0.1, 0.15) is 18.1 Å². The summed E-state index contributed by atoms with van der Waals surface area (Å²) in [5.74, 6) is 1.36. The van der Waals surface area contributed by atoms with Crippen molar-refractivity contribution in [3.05, 3.63) is 0 Å². The smallest absolute Gasteiger partial charge is 0.142 e. The summed E-state index contributed by atoms with van der Waals surface area (Å²) >= 11 is 0. The molecule has 1 unspecified atom stereocenters. The van der Waals surface area contributed by atoms with E-state index in [0.717, 1.165) is 44.5 Å². The molecular formula is C23H34FN3O3. The first-order valence-corrected chi connectivity index (χ1v) is 11.7. The Morgan fingerprint density at radius 2 is 2.00 bits per heavy atom. The minimum absolute atomic E-state index is 0.00986. The summed E-state index contributed by atoms with van der Waals surface area (Å²) in [4.78, 5) is 18.2. The molecule has 0 radical (unpaired) electrons. The number of nitrogens with one attached hydrogen (secondary N) is 1. The fourth-order valence-electron chi connectivity index (χ4n) is 7.74. The Bertz CT molecular complexity index is 780.